The maximum atomic E-state index is 13.1. The van der Waals surface area contributed by atoms with Crippen molar-refractivity contribution in [1.29, 1.82) is 0 Å². The minimum Gasteiger partial charge on any atom is -0.497 e. The van der Waals surface area contributed by atoms with Gasteiger partial charge in [0.2, 0.25) is 16.9 Å². The van der Waals surface area contributed by atoms with E-state index in [4.69, 9.17) is 27.8 Å². The Morgan fingerprint density at radius 3 is 2.43 bits per heavy atom. The number of methoxy groups -OCH3 is 2. The van der Waals surface area contributed by atoms with Crippen LogP contribution in [-0.4, -0.2) is 20.2 Å². The van der Waals surface area contributed by atoms with Crippen LogP contribution in [0.15, 0.2) is 80.4 Å². The highest BCUT2D eigenvalue weighted by molar-refractivity contribution is 5.95. The average molecular weight is 472 g/mol. The zero-order chi connectivity index (χ0) is 24.5. The minimum absolute atomic E-state index is 0.0178. The van der Waals surface area contributed by atoms with Gasteiger partial charge in [-0.3, -0.25) is 4.79 Å². The molecule has 5 aromatic rings. The predicted octanol–water partition coefficient (Wildman–Crippen LogP) is 5.88. The normalized spacial score (nSPS) is 10.9. The molecule has 0 unspecified atom stereocenters. The first-order chi connectivity index (χ1) is 17.0. The Hall–Kier alpha value is -4.72. The molecule has 176 valence electrons. The molecule has 0 N–H and O–H groups in total. The molecule has 0 radical (unpaired) electrons. The molecule has 0 aliphatic heterocycles. The Bertz CT molecular complexity index is 1630. The van der Waals surface area contributed by atoms with E-state index in [2.05, 4.69) is 0 Å². The highest BCUT2D eigenvalue weighted by atomic mass is 16.5. The molecule has 2 heterocycles. The van der Waals surface area contributed by atoms with E-state index in [1.807, 2.05) is 0 Å². The third-order valence-electron chi connectivity index (χ3n) is 5.39. The molecule has 0 spiro atoms. The molecule has 2 aromatic heterocycles. The summed E-state index contributed by atoms with van der Waals surface area (Å²) in [5.41, 5.74) is 0.349. The number of para-hydroxylation sites is 1. The van der Waals surface area contributed by atoms with Gasteiger partial charge < -0.3 is 27.8 Å². The van der Waals surface area contributed by atoms with Gasteiger partial charge in [-0.1, -0.05) is 18.2 Å². The van der Waals surface area contributed by atoms with Gasteiger partial charge in [0.25, 0.3) is 0 Å². The summed E-state index contributed by atoms with van der Waals surface area (Å²) < 4.78 is 33.2. The fraction of sp³-hybridized carbons (Fsp3) is 0.111. The third kappa shape index (κ3) is 4.17. The maximum Gasteiger partial charge on any atom is 0.379 e. The van der Waals surface area contributed by atoms with E-state index >= 15 is 0 Å². The molecule has 5 rings (SSSR count). The summed E-state index contributed by atoms with van der Waals surface area (Å²) in [5.74, 6) is 1.40. The lowest BCUT2D eigenvalue weighted by atomic mass is 10.2. The van der Waals surface area contributed by atoms with Crippen LogP contribution in [0, 0.1) is 6.92 Å². The van der Waals surface area contributed by atoms with Gasteiger partial charge >= 0.3 is 5.97 Å². The number of benzene rings is 3. The van der Waals surface area contributed by atoms with E-state index in [1.54, 1.807) is 62.6 Å². The fourth-order valence-corrected chi connectivity index (χ4v) is 3.69. The number of rotatable bonds is 6. The van der Waals surface area contributed by atoms with Crippen molar-refractivity contribution in [1.82, 2.24) is 0 Å². The monoisotopic (exact) mass is 472 g/mol. The lowest BCUT2D eigenvalue weighted by molar-refractivity contribution is 0.0704. The Labute approximate surface area is 199 Å². The van der Waals surface area contributed by atoms with E-state index in [-0.39, 0.29) is 39.4 Å². The predicted molar refractivity (Wildman–Crippen MR) is 128 cm³/mol. The number of aryl methyl sites for hydroxylation is 1. The fourth-order valence-electron chi connectivity index (χ4n) is 3.69. The van der Waals surface area contributed by atoms with Gasteiger partial charge in [-0.15, -0.1) is 0 Å². The Balaban J connectivity index is 1.43. The molecule has 0 bridgehead atoms. The van der Waals surface area contributed by atoms with Crippen LogP contribution in [0.2, 0.25) is 0 Å². The molecular weight excluding hydrogens is 452 g/mol. The number of carbonyl (C=O) groups excluding carboxylic acids is 1. The Kier molecular flexibility index (Phi) is 5.62. The van der Waals surface area contributed by atoms with Crippen LogP contribution in [0.5, 0.6) is 28.7 Å². The number of furan rings is 1. The van der Waals surface area contributed by atoms with Crippen molar-refractivity contribution in [3.63, 3.8) is 0 Å². The number of esters is 1. The van der Waals surface area contributed by atoms with Crippen LogP contribution in [-0.2, 0) is 0 Å². The summed E-state index contributed by atoms with van der Waals surface area (Å²) in [6.07, 6.45) is 0. The van der Waals surface area contributed by atoms with Crippen LogP contribution in [0.4, 0.5) is 0 Å². The topological polar surface area (TPSA) is 97.3 Å². The van der Waals surface area contributed by atoms with Crippen molar-refractivity contribution in [2.45, 2.75) is 6.92 Å². The second-order valence-corrected chi connectivity index (χ2v) is 7.63. The van der Waals surface area contributed by atoms with Crippen LogP contribution in [0.3, 0.4) is 0 Å². The van der Waals surface area contributed by atoms with E-state index in [9.17, 15) is 9.59 Å². The van der Waals surface area contributed by atoms with Crippen molar-refractivity contribution in [2.24, 2.45) is 0 Å². The number of hydrogen-bond acceptors (Lipinski definition) is 8. The van der Waals surface area contributed by atoms with Crippen molar-refractivity contribution in [2.75, 3.05) is 14.2 Å². The van der Waals surface area contributed by atoms with Crippen LogP contribution in [0.25, 0.3) is 21.9 Å². The average Bonchev–Trinajstić information content (AvgIpc) is 3.31. The minimum atomic E-state index is -0.695. The zero-order valence-corrected chi connectivity index (χ0v) is 19.1. The summed E-state index contributed by atoms with van der Waals surface area (Å²) in [7, 11) is 3.07. The summed E-state index contributed by atoms with van der Waals surface area (Å²) >= 11 is 0. The van der Waals surface area contributed by atoms with Gasteiger partial charge in [0.1, 0.15) is 28.6 Å². The summed E-state index contributed by atoms with van der Waals surface area (Å²) in [5, 5.41) is 0.988. The van der Waals surface area contributed by atoms with E-state index in [0.717, 1.165) is 0 Å². The molecule has 0 atom stereocenters. The van der Waals surface area contributed by atoms with Gasteiger partial charge in [0, 0.05) is 17.5 Å². The molecular formula is C27H20O8. The highest BCUT2D eigenvalue weighted by Gasteiger charge is 2.19. The Morgan fingerprint density at radius 1 is 0.829 bits per heavy atom. The van der Waals surface area contributed by atoms with Crippen molar-refractivity contribution in [3.8, 4) is 28.7 Å². The van der Waals surface area contributed by atoms with E-state index in [0.29, 0.717) is 28.2 Å². The quantitative estimate of drug-likeness (QED) is 0.223. The van der Waals surface area contributed by atoms with Crippen LogP contribution < -0.4 is 24.4 Å². The lowest BCUT2D eigenvalue weighted by Crippen LogP contribution is -2.09. The van der Waals surface area contributed by atoms with Crippen LogP contribution >= 0.6 is 0 Å². The zero-order valence-electron chi connectivity index (χ0n) is 19.1. The second kappa shape index (κ2) is 8.90. The van der Waals surface area contributed by atoms with Gasteiger partial charge in [-0.2, -0.15) is 0 Å². The van der Waals surface area contributed by atoms with Gasteiger partial charge in [0.05, 0.1) is 19.6 Å². The number of carbonyl (C=O) groups is 1. The number of fused-ring (bicyclic) bond motifs is 2. The maximum absolute atomic E-state index is 13.1. The molecule has 0 fully saturated rings. The lowest BCUT2D eigenvalue weighted by Gasteiger charge is -2.10. The van der Waals surface area contributed by atoms with Gasteiger partial charge in [-0.25, -0.2) is 4.79 Å². The SMILES string of the molecule is COc1cccc(Oc2c(C)oc3cc(OC(=O)c4cc5cccc(OC)c5o4)ccc3c2=O)c1. The van der Waals surface area contributed by atoms with Crippen molar-refractivity contribution >= 4 is 27.9 Å². The molecule has 3 aromatic carbocycles. The molecule has 0 saturated carbocycles. The smallest absolute Gasteiger partial charge is 0.379 e. The third-order valence-corrected chi connectivity index (χ3v) is 5.39. The standard InChI is InChI=1S/C27H20O8/c1-15-25(33-18-8-5-7-17(13-18)30-2)24(28)20-11-10-19(14-22(20)32-15)34-27(29)23-12-16-6-4-9-21(31-3)26(16)35-23/h4-14H,1-3H3. The van der Waals surface area contributed by atoms with Gasteiger partial charge in [0.15, 0.2) is 11.3 Å². The number of ether oxygens (including phenoxy) is 4. The van der Waals surface area contributed by atoms with E-state index in [1.165, 1.54) is 25.3 Å². The van der Waals surface area contributed by atoms with Gasteiger partial charge in [-0.05, 0) is 43.3 Å². The summed E-state index contributed by atoms with van der Waals surface area (Å²) in [6.45, 7) is 1.62. The highest BCUT2D eigenvalue weighted by Crippen LogP contribution is 2.31. The molecule has 0 saturated heterocycles. The number of hydrogen-bond donors (Lipinski definition) is 0. The molecule has 0 aliphatic carbocycles. The van der Waals surface area contributed by atoms with Crippen molar-refractivity contribution < 1.29 is 32.6 Å². The summed E-state index contributed by atoms with van der Waals surface area (Å²) in [6, 6.07) is 18.3. The molecule has 0 aliphatic rings. The molecule has 8 nitrogen and oxygen atoms in total. The largest absolute Gasteiger partial charge is 0.497 e. The molecule has 0 amide bonds. The van der Waals surface area contributed by atoms with E-state index < -0.39 is 5.97 Å². The van der Waals surface area contributed by atoms with Crippen LogP contribution in [0.1, 0.15) is 16.3 Å². The second-order valence-electron chi connectivity index (χ2n) is 7.63. The molecule has 35 heavy (non-hydrogen) atoms. The summed E-state index contributed by atoms with van der Waals surface area (Å²) in [4.78, 5) is 25.8. The first-order valence-corrected chi connectivity index (χ1v) is 10.6. The first-order valence-electron chi connectivity index (χ1n) is 10.6. The first kappa shape index (κ1) is 22.1. The Morgan fingerprint density at radius 2 is 1.63 bits per heavy atom. The molecule has 8 heteroatoms. The van der Waals surface area contributed by atoms with Crippen molar-refractivity contribution in [3.05, 3.63) is 88.5 Å².